The van der Waals surface area contributed by atoms with Crippen LogP contribution < -0.4 is 9.04 Å². The van der Waals surface area contributed by atoms with Crippen molar-refractivity contribution >= 4 is 26.7 Å². The van der Waals surface area contributed by atoms with Crippen LogP contribution >= 0.6 is 0 Å². The number of aromatic nitrogens is 2. The Bertz CT molecular complexity index is 743. The first-order valence-corrected chi connectivity index (χ1v) is 7.54. The second kappa shape index (κ2) is 3.63. The molecule has 0 radical (unpaired) electrons. The van der Waals surface area contributed by atoms with E-state index in [1.807, 2.05) is 26.8 Å². The molecule has 2 aromatic rings. The van der Waals surface area contributed by atoms with E-state index >= 15 is 0 Å². The van der Waals surface area contributed by atoms with Gasteiger partial charge in [0, 0.05) is 17.1 Å². The molecule has 0 bridgehead atoms. The maximum Gasteiger partial charge on any atom is 0.271 e. The number of anilines is 1. The molecule has 19 heavy (non-hydrogen) atoms. The Morgan fingerprint density at radius 3 is 2.84 bits per heavy atom. The van der Waals surface area contributed by atoms with Crippen LogP contribution in [0.1, 0.15) is 20.8 Å². The molecule has 0 amide bonds. The van der Waals surface area contributed by atoms with Gasteiger partial charge in [-0.1, -0.05) is 0 Å². The molecule has 6 nitrogen and oxygen atoms in total. The molecule has 7 heteroatoms. The Hall–Kier alpha value is -1.76. The van der Waals surface area contributed by atoms with Gasteiger partial charge in [0.25, 0.3) is 10.0 Å². The fourth-order valence-electron chi connectivity index (χ4n) is 2.32. The van der Waals surface area contributed by atoms with Crippen LogP contribution in [0.3, 0.4) is 0 Å². The van der Waals surface area contributed by atoms with E-state index in [0.29, 0.717) is 17.2 Å². The zero-order valence-corrected chi connectivity index (χ0v) is 11.8. The quantitative estimate of drug-likeness (QED) is 0.799. The fourth-order valence-corrected chi connectivity index (χ4v) is 3.95. The molecule has 0 atom stereocenters. The molecule has 2 aromatic heterocycles. The van der Waals surface area contributed by atoms with E-state index in [0.717, 1.165) is 5.39 Å². The summed E-state index contributed by atoms with van der Waals surface area (Å²) >= 11 is 0. The predicted molar refractivity (Wildman–Crippen MR) is 72.7 cm³/mol. The van der Waals surface area contributed by atoms with E-state index in [-0.39, 0.29) is 5.94 Å². The topological polar surface area (TPSA) is 75.3 Å². The van der Waals surface area contributed by atoms with Crippen molar-refractivity contribution in [3.63, 3.8) is 0 Å². The van der Waals surface area contributed by atoms with Gasteiger partial charge in [-0.25, -0.2) is 8.42 Å². The Morgan fingerprint density at radius 2 is 2.16 bits per heavy atom. The third-order valence-electron chi connectivity index (χ3n) is 2.93. The Kier molecular flexibility index (Phi) is 2.35. The number of hydrogen-bond acceptors (Lipinski definition) is 4. The summed E-state index contributed by atoms with van der Waals surface area (Å²) in [5, 5.41) is 0.855. The van der Waals surface area contributed by atoms with Gasteiger partial charge in [0.2, 0.25) is 11.8 Å². The lowest BCUT2D eigenvalue weighted by Gasteiger charge is -2.39. The first-order chi connectivity index (χ1) is 8.79. The molecule has 1 N–H and O–H groups in total. The van der Waals surface area contributed by atoms with Crippen LogP contribution in [0.5, 0.6) is 5.88 Å². The van der Waals surface area contributed by atoms with Gasteiger partial charge >= 0.3 is 0 Å². The van der Waals surface area contributed by atoms with Gasteiger partial charge in [-0.3, -0.25) is 4.31 Å². The second-order valence-corrected chi connectivity index (χ2v) is 7.30. The van der Waals surface area contributed by atoms with E-state index in [2.05, 4.69) is 9.97 Å². The van der Waals surface area contributed by atoms with Crippen LogP contribution in [-0.2, 0) is 10.0 Å². The number of ether oxygens (including phenoxy) is 1. The summed E-state index contributed by atoms with van der Waals surface area (Å²) in [6.45, 7) is 5.54. The lowest BCUT2D eigenvalue weighted by molar-refractivity contribution is 0.348. The van der Waals surface area contributed by atoms with Crippen molar-refractivity contribution in [3.8, 4) is 5.88 Å². The number of H-pyrrole nitrogens is 1. The van der Waals surface area contributed by atoms with Crippen molar-refractivity contribution in [2.75, 3.05) is 10.2 Å². The van der Waals surface area contributed by atoms with Gasteiger partial charge in [0.05, 0.1) is 0 Å². The molecule has 1 aliphatic rings. The third-order valence-corrected chi connectivity index (χ3v) is 4.65. The van der Waals surface area contributed by atoms with Gasteiger partial charge in [-0.05, 0) is 32.9 Å². The van der Waals surface area contributed by atoms with Crippen LogP contribution in [-0.4, -0.2) is 29.9 Å². The molecule has 1 aliphatic heterocycles. The minimum Gasteiger partial charge on any atom is -0.458 e. The van der Waals surface area contributed by atoms with Crippen LogP contribution in [0.4, 0.5) is 5.69 Å². The number of fused-ring (bicyclic) bond motifs is 2. The van der Waals surface area contributed by atoms with E-state index in [4.69, 9.17) is 4.74 Å². The number of pyridine rings is 1. The van der Waals surface area contributed by atoms with E-state index in [1.54, 1.807) is 12.3 Å². The molecule has 0 spiro atoms. The summed E-state index contributed by atoms with van der Waals surface area (Å²) in [5.74, 6) is -0.0315. The number of nitrogens with zero attached hydrogens (tertiary/aromatic N) is 2. The Balaban J connectivity index is 2.30. The van der Waals surface area contributed by atoms with Crippen molar-refractivity contribution in [1.82, 2.24) is 9.97 Å². The molecule has 0 saturated heterocycles. The standard InChI is InChI=1S/C12H15N3O3S/c1-12(2,3)15-9-6-8-4-5-13-10(8)14-11(9)18-7-19(15,16)17/h4-6H,7H2,1-3H3,(H,13,14). The smallest absolute Gasteiger partial charge is 0.271 e. The summed E-state index contributed by atoms with van der Waals surface area (Å²) in [6, 6.07) is 3.64. The largest absolute Gasteiger partial charge is 0.458 e. The molecule has 0 aromatic carbocycles. The number of nitrogens with one attached hydrogen (secondary N) is 1. The van der Waals surface area contributed by atoms with Crippen molar-refractivity contribution in [3.05, 3.63) is 18.3 Å². The number of sulfonamides is 1. The first-order valence-electron chi connectivity index (χ1n) is 5.93. The highest BCUT2D eigenvalue weighted by Crippen LogP contribution is 2.39. The van der Waals surface area contributed by atoms with Gasteiger partial charge in [-0.2, -0.15) is 4.98 Å². The molecular formula is C12H15N3O3S. The monoisotopic (exact) mass is 281 g/mol. The van der Waals surface area contributed by atoms with Crippen LogP contribution in [0.2, 0.25) is 0 Å². The average Bonchev–Trinajstić information content (AvgIpc) is 2.70. The average molecular weight is 281 g/mol. The summed E-state index contributed by atoms with van der Waals surface area (Å²) < 4.78 is 31.1. The van der Waals surface area contributed by atoms with Crippen molar-refractivity contribution < 1.29 is 13.2 Å². The maximum absolute atomic E-state index is 12.2. The van der Waals surface area contributed by atoms with Gasteiger partial charge in [0.15, 0.2) is 0 Å². The highest BCUT2D eigenvalue weighted by atomic mass is 32.2. The SMILES string of the molecule is CC(C)(C)N1c2cc3cc[nH]c3nc2OCS1(=O)=O. The van der Waals surface area contributed by atoms with E-state index in [9.17, 15) is 8.42 Å². The molecular weight excluding hydrogens is 266 g/mol. The van der Waals surface area contributed by atoms with Gasteiger partial charge in [-0.15, -0.1) is 0 Å². The highest BCUT2D eigenvalue weighted by Gasteiger charge is 2.39. The first kappa shape index (κ1) is 12.3. The third kappa shape index (κ3) is 1.85. The molecule has 0 saturated carbocycles. The summed E-state index contributed by atoms with van der Waals surface area (Å²) in [5.41, 5.74) is 0.612. The van der Waals surface area contributed by atoms with Crippen LogP contribution in [0.15, 0.2) is 18.3 Å². The van der Waals surface area contributed by atoms with Crippen molar-refractivity contribution in [2.45, 2.75) is 26.3 Å². The number of aromatic amines is 1. The minimum absolute atomic E-state index is 0.347. The van der Waals surface area contributed by atoms with E-state index < -0.39 is 15.6 Å². The molecule has 102 valence electrons. The molecule has 0 unspecified atom stereocenters. The lowest BCUT2D eigenvalue weighted by Crippen LogP contribution is -2.49. The van der Waals surface area contributed by atoms with Crippen molar-refractivity contribution in [1.29, 1.82) is 0 Å². The number of hydrogen-bond donors (Lipinski definition) is 1. The predicted octanol–water partition coefficient (Wildman–Crippen LogP) is 1.85. The molecule has 0 aliphatic carbocycles. The zero-order chi connectivity index (χ0) is 13.8. The molecule has 3 heterocycles. The zero-order valence-electron chi connectivity index (χ0n) is 11.0. The lowest BCUT2D eigenvalue weighted by atomic mass is 10.1. The highest BCUT2D eigenvalue weighted by molar-refractivity contribution is 7.92. The summed E-state index contributed by atoms with van der Waals surface area (Å²) in [6.07, 6.45) is 1.76. The van der Waals surface area contributed by atoms with Gasteiger partial charge < -0.3 is 9.72 Å². The normalized spacial score (nSPS) is 18.2. The molecule has 3 rings (SSSR count). The van der Waals surface area contributed by atoms with E-state index in [1.165, 1.54) is 4.31 Å². The Labute approximate surface area is 111 Å². The summed E-state index contributed by atoms with van der Waals surface area (Å²) in [7, 11) is -3.49. The molecule has 0 fully saturated rings. The van der Waals surface area contributed by atoms with Crippen LogP contribution in [0, 0.1) is 0 Å². The summed E-state index contributed by atoms with van der Waals surface area (Å²) in [4.78, 5) is 7.31. The maximum atomic E-state index is 12.2. The number of rotatable bonds is 0. The fraction of sp³-hybridized carbons (Fsp3) is 0.417. The van der Waals surface area contributed by atoms with Crippen LogP contribution in [0.25, 0.3) is 11.0 Å². The Morgan fingerprint density at radius 1 is 1.42 bits per heavy atom. The van der Waals surface area contributed by atoms with Crippen molar-refractivity contribution in [2.24, 2.45) is 0 Å². The minimum atomic E-state index is -3.49. The second-order valence-electron chi connectivity index (χ2n) is 5.54. The van der Waals surface area contributed by atoms with Gasteiger partial charge in [0.1, 0.15) is 11.3 Å².